The molecule has 0 aromatic heterocycles. The van der Waals surface area contributed by atoms with E-state index in [4.69, 9.17) is 23.2 Å². The maximum atomic E-state index is 12.6. The molecule has 1 aromatic carbocycles. The molecule has 126 valence electrons. The van der Waals surface area contributed by atoms with Gasteiger partial charge in [0.25, 0.3) is 11.8 Å². The number of imide groups is 1. The molecule has 7 nitrogen and oxygen atoms in total. The molecule has 3 rings (SSSR count). The first-order valence-electron chi connectivity index (χ1n) is 6.83. The first-order valence-corrected chi connectivity index (χ1v) is 7.59. The molecule has 1 unspecified atom stereocenters. The van der Waals surface area contributed by atoms with Crippen molar-refractivity contribution >= 4 is 47.0 Å². The number of fused-ring (bicyclic) bond motifs is 1. The summed E-state index contributed by atoms with van der Waals surface area (Å²) in [4.78, 5) is 50.1. The van der Waals surface area contributed by atoms with Crippen molar-refractivity contribution in [1.82, 2.24) is 4.90 Å². The Balaban J connectivity index is 2.01. The van der Waals surface area contributed by atoms with Crippen LogP contribution in [0.25, 0.3) is 0 Å². The van der Waals surface area contributed by atoms with E-state index in [1.807, 2.05) is 0 Å². The van der Waals surface area contributed by atoms with E-state index in [1.54, 1.807) is 0 Å². The fourth-order valence-corrected chi connectivity index (χ4v) is 3.31. The Hall–Kier alpha value is -2.12. The Morgan fingerprint density at radius 2 is 1.46 bits per heavy atom. The third-order valence-corrected chi connectivity index (χ3v) is 5.02. The Morgan fingerprint density at radius 1 is 1.04 bits per heavy atom. The number of hydrogen-bond acceptors (Lipinski definition) is 6. The van der Waals surface area contributed by atoms with E-state index < -0.39 is 35.2 Å². The number of methoxy groups -OCH3 is 2. The summed E-state index contributed by atoms with van der Waals surface area (Å²) in [5.74, 6) is -3.00. The van der Waals surface area contributed by atoms with E-state index in [1.165, 1.54) is 12.1 Å². The molecule has 1 aliphatic carbocycles. The SMILES string of the molecule is COC(=O)C1(C(=O)OC)CC1N1C(=O)c2cc(Cl)c(Cl)cc2C1=O. The van der Waals surface area contributed by atoms with E-state index >= 15 is 0 Å². The zero-order chi connectivity index (χ0) is 17.8. The number of ether oxygens (including phenoxy) is 2. The molecule has 1 aromatic rings. The average Bonchev–Trinajstić information content (AvgIpc) is 3.26. The summed E-state index contributed by atoms with van der Waals surface area (Å²) in [6.07, 6.45) is -0.0563. The van der Waals surface area contributed by atoms with Gasteiger partial charge in [-0.15, -0.1) is 0 Å². The summed E-state index contributed by atoms with van der Waals surface area (Å²) < 4.78 is 9.29. The van der Waals surface area contributed by atoms with Gasteiger partial charge in [0.2, 0.25) is 0 Å². The van der Waals surface area contributed by atoms with Gasteiger partial charge in [-0.25, -0.2) is 0 Å². The Morgan fingerprint density at radius 3 is 1.83 bits per heavy atom. The van der Waals surface area contributed by atoms with Crippen molar-refractivity contribution in [2.45, 2.75) is 12.5 Å². The van der Waals surface area contributed by atoms with Crippen LogP contribution in [0.2, 0.25) is 10.0 Å². The summed E-state index contributed by atoms with van der Waals surface area (Å²) in [7, 11) is 2.23. The summed E-state index contributed by atoms with van der Waals surface area (Å²) in [6, 6.07) is 1.61. The summed E-state index contributed by atoms with van der Waals surface area (Å²) in [5.41, 5.74) is -1.54. The van der Waals surface area contributed by atoms with Crippen LogP contribution in [0.15, 0.2) is 12.1 Å². The molecular weight excluding hydrogens is 361 g/mol. The quantitative estimate of drug-likeness (QED) is 0.456. The minimum Gasteiger partial charge on any atom is -0.468 e. The Labute approximate surface area is 146 Å². The van der Waals surface area contributed by atoms with E-state index in [0.29, 0.717) is 0 Å². The second-order valence-corrected chi connectivity index (χ2v) is 6.28. The van der Waals surface area contributed by atoms with Crippen LogP contribution in [0.4, 0.5) is 0 Å². The highest BCUT2D eigenvalue weighted by atomic mass is 35.5. The number of amides is 2. The lowest BCUT2D eigenvalue weighted by atomic mass is 10.1. The van der Waals surface area contributed by atoms with Gasteiger partial charge in [-0.3, -0.25) is 24.1 Å². The molecule has 24 heavy (non-hydrogen) atoms. The molecular formula is C15H11Cl2NO6. The van der Waals surface area contributed by atoms with Gasteiger partial charge in [-0.2, -0.15) is 0 Å². The molecule has 0 saturated heterocycles. The minimum absolute atomic E-state index is 0.0563. The van der Waals surface area contributed by atoms with Crippen molar-refractivity contribution in [3.05, 3.63) is 33.3 Å². The average molecular weight is 372 g/mol. The van der Waals surface area contributed by atoms with Crippen LogP contribution in [0.5, 0.6) is 0 Å². The lowest BCUT2D eigenvalue weighted by Gasteiger charge is -2.18. The molecule has 2 amide bonds. The van der Waals surface area contributed by atoms with Gasteiger partial charge in [-0.1, -0.05) is 23.2 Å². The highest BCUT2D eigenvalue weighted by Crippen LogP contribution is 2.53. The number of halogens is 2. The van der Waals surface area contributed by atoms with Crippen LogP contribution in [-0.4, -0.2) is 48.9 Å². The van der Waals surface area contributed by atoms with Crippen LogP contribution in [0.1, 0.15) is 27.1 Å². The monoisotopic (exact) mass is 371 g/mol. The molecule has 9 heteroatoms. The van der Waals surface area contributed by atoms with Gasteiger partial charge in [-0.05, 0) is 18.6 Å². The number of rotatable bonds is 3. The van der Waals surface area contributed by atoms with Gasteiger partial charge in [0.1, 0.15) is 0 Å². The normalized spacial score (nSPS) is 20.7. The van der Waals surface area contributed by atoms with Gasteiger partial charge >= 0.3 is 11.9 Å². The van der Waals surface area contributed by atoms with Crippen molar-refractivity contribution in [2.24, 2.45) is 5.41 Å². The Kier molecular flexibility index (Phi) is 3.80. The van der Waals surface area contributed by atoms with Crippen LogP contribution in [0.3, 0.4) is 0 Å². The lowest BCUT2D eigenvalue weighted by Crippen LogP contribution is -2.41. The summed E-state index contributed by atoms with van der Waals surface area (Å²) in [5, 5.41) is 0.253. The first-order chi connectivity index (χ1) is 11.3. The van der Waals surface area contributed by atoms with Gasteiger partial charge in [0.15, 0.2) is 5.41 Å². The molecule has 1 atom stereocenters. The van der Waals surface area contributed by atoms with Crippen LogP contribution < -0.4 is 0 Å². The third-order valence-electron chi connectivity index (χ3n) is 4.29. The van der Waals surface area contributed by atoms with Crippen LogP contribution in [0, 0.1) is 5.41 Å². The maximum Gasteiger partial charge on any atom is 0.325 e. The second-order valence-electron chi connectivity index (χ2n) is 5.47. The van der Waals surface area contributed by atoms with Crippen molar-refractivity contribution in [3.63, 3.8) is 0 Å². The largest absolute Gasteiger partial charge is 0.468 e. The number of nitrogens with zero attached hydrogens (tertiary/aromatic N) is 1. The van der Waals surface area contributed by atoms with Gasteiger partial charge in [0, 0.05) is 0 Å². The predicted molar refractivity (Wildman–Crippen MR) is 81.8 cm³/mol. The summed E-state index contributed by atoms with van der Waals surface area (Å²) in [6.45, 7) is 0. The zero-order valence-electron chi connectivity index (χ0n) is 12.6. The van der Waals surface area contributed by atoms with E-state index in [2.05, 4.69) is 9.47 Å². The van der Waals surface area contributed by atoms with Crippen LogP contribution >= 0.6 is 23.2 Å². The fraction of sp³-hybridized carbons (Fsp3) is 0.333. The molecule has 1 heterocycles. The summed E-state index contributed by atoms with van der Waals surface area (Å²) >= 11 is 11.8. The van der Waals surface area contributed by atoms with Crippen LogP contribution in [-0.2, 0) is 19.1 Å². The number of esters is 2. The van der Waals surface area contributed by atoms with Crippen molar-refractivity contribution in [2.75, 3.05) is 14.2 Å². The van der Waals surface area contributed by atoms with Gasteiger partial charge in [0.05, 0.1) is 41.4 Å². The zero-order valence-corrected chi connectivity index (χ0v) is 14.1. The molecule has 0 radical (unpaired) electrons. The third kappa shape index (κ3) is 2.04. The molecule has 1 saturated carbocycles. The lowest BCUT2D eigenvalue weighted by molar-refractivity contribution is -0.161. The van der Waals surface area contributed by atoms with Crippen molar-refractivity contribution in [3.8, 4) is 0 Å². The molecule has 2 aliphatic rings. The highest BCUT2D eigenvalue weighted by molar-refractivity contribution is 6.43. The second kappa shape index (κ2) is 5.46. The van der Waals surface area contributed by atoms with E-state index in [0.717, 1.165) is 19.1 Å². The first kappa shape index (κ1) is 16.7. The Bertz CT molecular complexity index is 748. The number of carbonyl (C=O) groups is 4. The number of carbonyl (C=O) groups excluding carboxylic acids is 4. The van der Waals surface area contributed by atoms with E-state index in [9.17, 15) is 19.2 Å². The standard InChI is InChI=1S/C15H11Cl2NO6/c1-23-13(21)15(14(22)24-2)5-10(15)18-11(19)6-3-8(16)9(17)4-7(6)12(18)20/h3-4,10H,5H2,1-2H3. The van der Waals surface area contributed by atoms with E-state index in [-0.39, 0.29) is 27.6 Å². The smallest absolute Gasteiger partial charge is 0.325 e. The van der Waals surface area contributed by atoms with Gasteiger partial charge < -0.3 is 9.47 Å². The van der Waals surface area contributed by atoms with Crippen molar-refractivity contribution < 1.29 is 28.7 Å². The number of benzene rings is 1. The van der Waals surface area contributed by atoms with Crippen molar-refractivity contribution in [1.29, 1.82) is 0 Å². The minimum atomic E-state index is -1.69. The molecule has 0 spiro atoms. The molecule has 1 fully saturated rings. The molecule has 0 N–H and O–H groups in total. The molecule has 1 aliphatic heterocycles. The highest BCUT2D eigenvalue weighted by Gasteiger charge is 2.72. The fourth-order valence-electron chi connectivity index (χ4n) is 2.98. The predicted octanol–water partition coefficient (Wildman–Crippen LogP) is 1.69. The topological polar surface area (TPSA) is 90.0 Å². The maximum absolute atomic E-state index is 12.6. The molecule has 0 bridgehead atoms. The number of hydrogen-bond donors (Lipinski definition) is 0.